The molecular formula is C26H34ClN5O2S. The molecule has 1 saturated heterocycles. The minimum atomic E-state index is -0.123. The molecule has 2 aromatic rings. The van der Waals surface area contributed by atoms with Crippen LogP contribution in [0.25, 0.3) is 0 Å². The second-order valence-corrected chi connectivity index (χ2v) is 10.9. The molecule has 1 aliphatic heterocycles. The molecule has 1 N–H and O–H groups in total. The molecule has 7 nitrogen and oxygen atoms in total. The van der Waals surface area contributed by atoms with Crippen LogP contribution in [0.1, 0.15) is 51.0 Å². The van der Waals surface area contributed by atoms with Gasteiger partial charge in [-0.1, -0.05) is 66.7 Å². The normalized spacial score (nSPS) is 18.7. The lowest BCUT2D eigenvalue weighted by Crippen LogP contribution is -2.54. The van der Waals surface area contributed by atoms with Crippen molar-refractivity contribution in [2.45, 2.75) is 63.6 Å². The van der Waals surface area contributed by atoms with Crippen LogP contribution in [0, 0.1) is 12.8 Å². The topological polar surface area (TPSA) is 78.4 Å². The summed E-state index contributed by atoms with van der Waals surface area (Å²) in [6, 6.07) is 9.53. The number of rotatable bonds is 8. The Balaban J connectivity index is 1.29. The van der Waals surface area contributed by atoms with Gasteiger partial charge < -0.3 is 15.1 Å². The maximum Gasteiger partial charge on any atom is 0.234 e. The molecule has 188 valence electrons. The lowest BCUT2D eigenvalue weighted by Gasteiger charge is -2.40. The SMILES string of the molecule is Cc1ccc(NC(=O)CSc2nc(Cl)cc(N3CCN(C(=O)CCC4CCCC4)C(C)C3)n2)cc1. The first-order valence-corrected chi connectivity index (χ1v) is 13.8. The van der Waals surface area contributed by atoms with Gasteiger partial charge in [0, 0.05) is 43.9 Å². The number of benzene rings is 1. The summed E-state index contributed by atoms with van der Waals surface area (Å²) in [4.78, 5) is 38.3. The molecule has 1 aromatic heterocycles. The highest BCUT2D eigenvalue weighted by Crippen LogP contribution is 2.29. The van der Waals surface area contributed by atoms with Gasteiger partial charge in [-0.3, -0.25) is 9.59 Å². The predicted molar refractivity (Wildman–Crippen MR) is 142 cm³/mol. The second kappa shape index (κ2) is 12.1. The molecule has 1 unspecified atom stereocenters. The Morgan fingerprint density at radius 2 is 1.89 bits per heavy atom. The van der Waals surface area contributed by atoms with Crippen LogP contribution in [-0.4, -0.2) is 58.1 Å². The third-order valence-corrected chi connectivity index (χ3v) is 7.88. The molecule has 0 radical (unpaired) electrons. The van der Waals surface area contributed by atoms with Crippen LogP contribution in [0.4, 0.5) is 11.5 Å². The van der Waals surface area contributed by atoms with Crippen molar-refractivity contribution in [3.63, 3.8) is 0 Å². The van der Waals surface area contributed by atoms with Gasteiger partial charge in [-0.2, -0.15) is 0 Å². The van der Waals surface area contributed by atoms with E-state index in [-0.39, 0.29) is 23.6 Å². The monoisotopic (exact) mass is 515 g/mol. The smallest absolute Gasteiger partial charge is 0.234 e. The van der Waals surface area contributed by atoms with E-state index in [0.717, 1.165) is 29.4 Å². The Morgan fingerprint density at radius 3 is 2.60 bits per heavy atom. The van der Waals surface area contributed by atoms with Crippen LogP contribution in [0.3, 0.4) is 0 Å². The van der Waals surface area contributed by atoms with Gasteiger partial charge in [0.1, 0.15) is 11.0 Å². The zero-order chi connectivity index (χ0) is 24.8. The summed E-state index contributed by atoms with van der Waals surface area (Å²) in [6.45, 7) is 6.16. The number of carbonyl (C=O) groups is 2. The Morgan fingerprint density at radius 1 is 1.14 bits per heavy atom. The fourth-order valence-corrected chi connectivity index (χ4v) is 5.76. The Labute approximate surface area is 217 Å². The van der Waals surface area contributed by atoms with Crippen molar-refractivity contribution >= 4 is 46.7 Å². The van der Waals surface area contributed by atoms with Gasteiger partial charge in [0.2, 0.25) is 11.8 Å². The molecule has 2 amide bonds. The van der Waals surface area contributed by atoms with Gasteiger partial charge in [-0.15, -0.1) is 0 Å². The first-order valence-electron chi connectivity index (χ1n) is 12.5. The quantitative estimate of drug-likeness (QED) is 0.296. The molecule has 0 bridgehead atoms. The van der Waals surface area contributed by atoms with E-state index in [4.69, 9.17) is 11.6 Å². The molecule has 1 saturated carbocycles. The highest BCUT2D eigenvalue weighted by atomic mass is 35.5. The number of nitrogens with zero attached hydrogens (tertiary/aromatic N) is 4. The third kappa shape index (κ3) is 7.34. The van der Waals surface area contributed by atoms with Gasteiger partial charge in [0.15, 0.2) is 5.16 Å². The number of amides is 2. The summed E-state index contributed by atoms with van der Waals surface area (Å²) >= 11 is 7.55. The van der Waals surface area contributed by atoms with Crippen LogP contribution in [0.15, 0.2) is 35.5 Å². The molecule has 35 heavy (non-hydrogen) atoms. The summed E-state index contributed by atoms with van der Waals surface area (Å²) in [6.07, 6.45) is 6.85. The van der Waals surface area contributed by atoms with E-state index in [9.17, 15) is 9.59 Å². The molecule has 9 heteroatoms. The fourth-order valence-electron chi connectivity index (χ4n) is 4.88. The number of piperazine rings is 1. The number of aryl methyl sites for hydroxylation is 1. The largest absolute Gasteiger partial charge is 0.353 e. The molecule has 2 heterocycles. The number of hydrogen-bond acceptors (Lipinski definition) is 6. The molecule has 2 aliphatic rings. The van der Waals surface area contributed by atoms with Crippen molar-refractivity contribution in [1.29, 1.82) is 0 Å². The van der Waals surface area contributed by atoms with Crippen molar-refractivity contribution in [1.82, 2.24) is 14.9 Å². The van der Waals surface area contributed by atoms with E-state index in [1.54, 1.807) is 6.07 Å². The number of hydrogen-bond donors (Lipinski definition) is 1. The molecule has 1 aliphatic carbocycles. The lowest BCUT2D eigenvalue weighted by molar-refractivity contribution is -0.133. The Hall–Kier alpha value is -2.32. The van der Waals surface area contributed by atoms with Crippen molar-refractivity contribution in [2.24, 2.45) is 5.92 Å². The number of carbonyl (C=O) groups excluding carboxylic acids is 2. The summed E-state index contributed by atoms with van der Waals surface area (Å²) in [5.74, 6) is 1.79. The molecule has 1 atom stereocenters. The minimum absolute atomic E-state index is 0.102. The first kappa shape index (κ1) is 25.8. The predicted octanol–water partition coefficient (Wildman–Crippen LogP) is 5.18. The molecular weight excluding hydrogens is 482 g/mol. The van der Waals surface area contributed by atoms with Gasteiger partial charge in [0.25, 0.3) is 0 Å². The highest BCUT2D eigenvalue weighted by Gasteiger charge is 2.29. The van der Waals surface area contributed by atoms with Gasteiger partial charge in [-0.25, -0.2) is 9.97 Å². The fraction of sp³-hybridized carbons (Fsp3) is 0.538. The summed E-state index contributed by atoms with van der Waals surface area (Å²) in [7, 11) is 0. The van der Waals surface area contributed by atoms with Crippen LogP contribution < -0.4 is 10.2 Å². The standard InChI is InChI=1S/C26H34ClN5O2S/c1-18-7-10-21(11-8-18)28-24(33)17-35-26-29-22(27)15-23(30-26)31-13-14-32(19(2)16-31)25(34)12-9-20-5-3-4-6-20/h7-8,10-11,15,19-20H,3-6,9,12-14,16-17H2,1-2H3,(H,28,33). The van der Waals surface area contributed by atoms with E-state index in [2.05, 4.69) is 27.1 Å². The van der Waals surface area contributed by atoms with E-state index >= 15 is 0 Å². The number of halogens is 1. The number of anilines is 2. The summed E-state index contributed by atoms with van der Waals surface area (Å²) in [5.41, 5.74) is 1.90. The van der Waals surface area contributed by atoms with Gasteiger partial charge >= 0.3 is 0 Å². The van der Waals surface area contributed by atoms with Gasteiger partial charge in [-0.05, 0) is 38.3 Å². The summed E-state index contributed by atoms with van der Waals surface area (Å²) in [5, 5.41) is 3.70. The minimum Gasteiger partial charge on any atom is -0.353 e. The van der Waals surface area contributed by atoms with Crippen LogP contribution in [-0.2, 0) is 9.59 Å². The zero-order valence-electron chi connectivity index (χ0n) is 20.5. The maximum atomic E-state index is 12.8. The van der Waals surface area contributed by atoms with E-state index < -0.39 is 0 Å². The molecule has 4 rings (SSSR count). The average molecular weight is 516 g/mol. The van der Waals surface area contributed by atoms with E-state index in [1.165, 1.54) is 37.4 Å². The molecule has 1 aromatic carbocycles. The third-order valence-electron chi connectivity index (χ3n) is 6.84. The Bertz CT molecular complexity index is 1030. The Kier molecular flexibility index (Phi) is 8.89. The molecule has 2 fully saturated rings. The maximum absolute atomic E-state index is 12.8. The van der Waals surface area contributed by atoms with Crippen molar-refractivity contribution in [3.05, 3.63) is 41.0 Å². The van der Waals surface area contributed by atoms with Crippen molar-refractivity contribution in [2.75, 3.05) is 35.6 Å². The second-order valence-electron chi connectivity index (χ2n) is 9.61. The summed E-state index contributed by atoms with van der Waals surface area (Å²) < 4.78 is 0. The van der Waals surface area contributed by atoms with E-state index in [1.807, 2.05) is 36.1 Å². The highest BCUT2D eigenvalue weighted by molar-refractivity contribution is 7.99. The number of thioether (sulfide) groups is 1. The van der Waals surface area contributed by atoms with E-state index in [0.29, 0.717) is 36.4 Å². The van der Waals surface area contributed by atoms with Crippen LogP contribution in [0.5, 0.6) is 0 Å². The van der Waals surface area contributed by atoms with Crippen LogP contribution in [0.2, 0.25) is 5.15 Å². The van der Waals surface area contributed by atoms with Crippen molar-refractivity contribution in [3.8, 4) is 0 Å². The average Bonchev–Trinajstić information content (AvgIpc) is 3.36. The zero-order valence-corrected chi connectivity index (χ0v) is 22.1. The number of aromatic nitrogens is 2. The van der Waals surface area contributed by atoms with Crippen LogP contribution >= 0.6 is 23.4 Å². The molecule has 0 spiro atoms. The number of nitrogens with one attached hydrogen (secondary N) is 1. The van der Waals surface area contributed by atoms with Gasteiger partial charge in [0.05, 0.1) is 5.75 Å². The lowest BCUT2D eigenvalue weighted by atomic mass is 10.0. The first-order chi connectivity index (χ1) is 16.9. The van der Waals surface area contributed by atoms with Crippen molar-refractivity contribution < 1.29 is 9.59 Å².